The molecule has 1 unspecified atom stereocenters. The van der Waals surface area contributed by atoms with Crippen molar-refractivity contribution in [2.45, 2.75) is 42.7 Å². The van der Waals surface area contributed by atoms with Gasteiger partial charge in [0.25, 0.3) is 5.79 Å². The highest BCUT2D eigenvalue weighted by Gasteiger charge is 2.53. The Balaban J connectivity index is 2.99. The number of carboxylic acids is 1. The summed E-state index contributed by atoms with van der Waals surface area (Å²) in [7, 11) is 0. The van der Waals surface area contributed by atoms with E-state index in [9.17, 15) is 25.2 Å². The van der Waals surface area contributed by atoms with E-state index in [1.807, 2.05) is 0 Å². The van der Waals surface area contributed by atoms with Crippen molar-refractivity contribution in [2.24, 2.45) is 0 Å². The molecule has 19 heavy (non-hydrogen) atoms. The van der Waals surface area contributed by atoms with E-state index in [4.69, 9.17) is 14.9 Å². The van der Waals surface area contributed by atoms with Gasteiger partial charge in [0.1, 0.15) is 18.3 Å². The predicted molar refractivity (Wildman–Crippen MR) is 63.1 cm³/mol. The van der Waals surface area contributed by atoms with Crippen LogP contribution in [-0.4, -0.2) is 79.5 Å². The second kappa shape index (κ2) is 6.33. The SMILES string of the molecule is O=C(O)C1(O)C[C@H](O)[C@@H](NS)[C@H]([C@H](O)[C@H](O)CO)O1. The average molecular weight is 299 g/mol. The molecule has 0 aromatic rings. The van der Waals surface area contributed by atoms with Crippen molar-refractivity contribution in [3.63, 3.8) is 0 Å². The van der Waals surface area contributed by atoms with Gasteiger partial charge in [-0.25, -0.2) is 4.79 Å². The molecule has 0 bridgehead atoms. The number of rotatable bonds is 5. The third kappa shape index (κ3) is 3.35. The minimum atomic E-state index is -2.69. The van der Waals surface area contributed by atoms with Crippen LogP contribution in [0.15, 0.2) is 0 Å². The maximum atomic E-state index is 10.9. The van der Waals surface area contributed by atoms with Crippen molar-refractivity contribution in [3.8, 4) is 0 Å². The van der Waals surface area contributed by atoms with Gasteiger partial charge in [-0.05, 0) is 0 Å². The van der Waals surface area contributed by atoms with Crippen LogP contribution in [-0.2, 0) is 9.53 Å². The molecule has 7 N–H and O–H groups in total. The molecule has 0 saturated carbocycles. The van der Waals surface area contributed by atoms with Crippen LogP contribution in [0.4, 0.5) is 0 Å². The largest absolute Gasteiger partial charge is 0.477 e. The number of aliphatic hydroxyl groups excluding tert-OH is 4. The molecular formula is C9H17NO8S. The van der Waals surface area contributed by atoms with E-state index in [1.165, 1.54) is 0 Å². The number of nitrogens with one attached hydrogen (secondary N) is 1. The first kappa shape index (κ1) is 16.6. The summed E-state index contributed by atoms with van der Waals surface area (Å²) in [6, 6.07) is -1.04. The van der Waals surface area contributed by atoms with Crippen LogP contribution < -0.4 is 4.72 Å². The first-order chi connectivity index (χ1) is 8.76. The van der Waals surface area contributed by atoms with Gasteiger partial charge in [0.05, 0.1) is 18.8 Å². The number of carbonyl (C=O) groups is 1. The van der Waals surface area contributed by atoms with E-state index in [1.54, 1.807) is 0 Å². The normalized spacial score (nSPS) is 38.7. The highest BCUT2D eigenvalue weighted by molar-refractivity contribution is 7.78. The Kier molecular flexibility index (Phi) is 5.53. The fourth-order valence-corrected chi connectivity index (χ4v) is 2.20. The second-order valence-electron chi connectivity index (χ2n) is 4.34. The van der Waals surface area contributed by atoms with Gasteiger partial charge >= 0.3 is 5.97 Å². The zero-order chi connectivity index (χ0) is 14.8. The molecule has 6 atom stereocenters. The van der Waals surface area contributed by atoms with Crippen LogP contribution in [0.5, 0.6) is 0 Å². The van der Waals surface area contributed by atoms with E-state index >= 15 is 0 Å². The Morgan fingerprint density at radius 3 is 2.53 bits per heavy atom. The molecule has 0 amide bonds. The molecule has 1 fully saturated rings. The first-order valence-corrected chi connectivity index (χ1v) is 5.89. The lowest BCUT2D eigenvalue weighted by Crippen LogP contribution is -2.65. The Morgan fingerprint density at radius 2 is 2.11 bits per heavy atom. The molecule has 1 aliphatic rings. The highest BCUT2D eigenvalue weighted by Crippen LogP contribution is 2.30. The summed E-state index contributed by atoms with van der Waals surface area (Å²) in [4.78, 5) is 10.9. The second-order valence-corrected chi connectivity index (χ2v) is 4.60. The number of hydrogen-bond donors (Lipinski definition) is 8. The third-order valence-corrected chi connectivity index (χ3v) is 3.28. The lowest BCUT2D eigenvalue weighted by atomic mass is 9.89. The molecule has 1 aliphatic heterocycles. The van der Waals surface area contributed by atoms with Crippen LogP contribution in [0.2, 0.25) is 0 Å². The van der Waals surface area contributed by atoms with Gasteiger partial charge in [-0.3, -0.25) is 4.72 Å². The van der Waals surface area contributed by atoms with Crippen molar-refractivity contribution in [1.29, 1.82) is 0 Å². The molecule has 10 heteroatoms. The molecule has 1 rings (SSSR count). The van der Waals surface area contributed by atoms with Crippen LogP contribution in [0.25, 0.3) is 0 Å². The summed E-state index contributed by atoms with van der Waals surface area (Å²) < 4.78 is 7.16. The van der Waals surface area contributed by atoms with Gasteiger partial charge in [-0.15, -0.1) is 0 Å². The van der Waals surface area contributed by atoms with Crippen LogP contribution >= 0.6 is 12.8 Å². The molecule has 1 saturated heterocycles. The average Bonchev–Trinajstić information content (AvgIpc) is 2.36. The van der Waals surface area contributed by atoms with Gasteiger partial charge in [0, 0.05) is 6.42 Å². The van der Waals surface area contributed by atoms with E-state index in [-0.39, 0.29) is 0 Å². The van der Waals surface area contributed by atoms with Crippen molar-refractivity contribution in [2.75, 3.05) is 6.61 Å². The van der Waals surface area contributed by atoms with E-state index in [2.05, 4.69) is 17.5 Å². The summed E-state index contributed by atoms with van der Waals surface area (Å²) in [5.74, 6) is -4.43. The first-order valence-electron chi connectivity index (χ1n) is 5.45. The lowest BCUT2D eigenvalue weighted by Gasteiger charge is -2.44. The lowest BCUT2D eigenvalue weighted by molar-refractivity contribution is -0.293. The molecule has 0 aromatic carbocycles. The summed E-state index contributed by atoms with van der Waals surface area (Å²) in [6.45, 7) is -0.804. The molecule has 9 nitrogen and oxygen atoms in total. The smallest absolute Gasteiger partial charge is 0.364 e. The minimum absolute atomic E-state index is 0.640. The monoisotopic (exact) mass is 299 g/mol. The Hall–Kier alpha value is -0.460. The Bertz CT molecular complexity index is 331. The van der Waals surface area contributed by atoms with Crippen LogP contribution in [0.1, 0.15) is 6.42 Å². The van der Waals surface area contributed by atoms with Gasteiger partial charge in [-0.1, -0.05) is 12.8 Å². The molecule has 0 aliphatic carbocycles. The number of hydrogen-bond acceptors (Lipinski definition) is 9. The molecule has 0 aromatic heterocycles. The van der Waals surface area contributed by atoms with Gasteiger partial charge in [0.2, 0.25) is 0 Å². The van der Waals surface area contributed by atoms with Crippen molar-refractivity contribution >= 4 is 18.8 Å². The van der Waals surface area contributed by atoms with E-state index < -0.39 is 55.2 Å². The zero-order valence-corrected chi connectivity index (χ0v) is 10.6. The molecule has 0 radical (unpaired) electrons. The zero-order valence-electron chi connectivity index (χ0n) is 9.75. The fraction of sp³-hybridized carbons (Fsp3) is 0.889. The number of ether oxygens (including phenoxy) is 1. The Morgan fingerprint density at radius 1 is 1.53 bits per heavy atom. The van der Waals surface area contributed by atoms with E-state index in [0.717, 1.165) is 0 Å². The van der Waals surface area contributed by atoms with E-state index in [0.29, 0.717) is 0 Å². The molecular weight excluding hydrogens is 282 g/mol. The molecule has 0 spiro atoms. The topological polar surface area (TPSA) is 160 Å². The number of thiol groups is 1. The quantitative estimate of drug-likeness (QED) is 0.240. The van der Waals surface area contributed by atoms with Gasteiger partial charge in [0.15, 0.2) is 0 Å². The number of aliphatic carboxylic acids is 1. The standard InChI is InChI=1S/C9H17NO8S/c11-2-4(13)6(14)7-5(10-19)3(12)1-9(17,18-7)8(15)16/h3-7,10-14,17,19H,1-2H2,(H,15,16)/t3-,4+,5+,6+,7+,9?/m0/s1. The number of aliphatic hydroxyl groups is 5. The highest BCUT2D eigenvalue weighted by atomic mass is 32.1. The van der Waals surface area contributed by atoms with Gasteiger partial charge in [-0.2, -0.15) is 0 Å². The van der Waals surface area contributed by atoms with Crippen molar-refractivity contribution in [3.05, 3.63) is 0 Å². The summed E-state index contributed by atoms with van der Waals surface area (Å²) in [5.41, 5.74) is 0. The van der Waals surface area contributed by atoms with Crippen molar-refractivity contribution < 1.29 is 40.2 Å². The van der Waals surface area contributed by atoms with Crippen molar-refractivity contribution in [1.82, 2.24) is 4.72 Å². The molecule has 1 heterocycles. The maximum Gasteiger partial charge on any atom is 0.364 e. The molecule has 112 valence electrons. The van der Waals surface area contributed by atoms with Crippen LogP contribution in [0.3, 0.4) is 0 Å². The fourth-order valence-electron chi connectivity index (χ4n) is 1.88. The number of carboxylic acid groups (broad SMARTS) is 1. The summed E-state index contributed by atoms with van der Waals surface area (Å²) in [6.07, 6.45) is -6.87. The predicted octanol–water partition coefficient (Wildman–Crippen LogP) is -3.57. The van der Waals surface area contributed by atoms with Gasteiger partial charge < -0.3 is 35.4 Å². The summed E-state index contributed by atoms with van der Waals surface area (Å²) >= 11 is 3.71. The van der Waals surface area contributed by atoms with Crippen LogP contribution in [0, 0.1) is 0 Å². The Labute approximate surface area is 114 Å². The third-order valence-electron chi connectivity index (χ3n) is 2.99. The maximum absolute atomic E-state index is 10.9. The summed E-state index contributed by atoms with van der Waals surface area (Å²) in [5, 5.41) is 56.2. The minimum Gasteiger partial charge on any atom is -0.477 e.